The summed E-state index contributed by atoms with van der Waals surface area (Å²) < 4.78 is 0. The normalized spacial score (nSPS) is 31.2. The van der Waals surface area contributed by atoms with E-state index in [1.54, 1.807) is 0 Å². The summed E-state index contributed by atoms with van der Waals surface area (Å²) >= 11 is 4.14. The third-order valence-electron chi connectivity index (χ3n) is 2.13. The Morgan fingerprint density at radius 1 is 1.82 bits per heavy atom. The van der Waals surface area contributed by atoms with E-state index >= 15 is 0 Å². The van der Waals surface area contributed by atoms with E-state index in [-0.39, 0.29) is 11.2 Å². The van der Waals surface area contributed by atoms with E-state index in [1.807, 2.05) is 6.92 Å². The highest BCUT2D eigenvalue weighted by Crippen LogP contribution is 2.29. The third kappa shape index (κ3) is 2.40. The molecule has 1 amide bonds. The fourth-order valence-electron chi connectivity index (χ4n) is 0.987. The Labute approximate surface area is 73.2 Å². The molecule has 3 heteroatoms. The van der Waals surface area contributed by atoms with E-state index in [2.05, 4.69) is 24.9 Å². The predicted octanol–water partition coefficient (Wildman–Crippen LogP) is 1.22. The number of amides is 1. The molecule has 1 N–H and O–H groups in total. The van der Waals surface area contributed by atoms with Gasteiger partial charge in [-0.3, -0.25) is 4.79 Å². The van der Waals surface area contributed by atoms with Gasteiger partial charge >= 0.3 is 0 Å². The van der Waals surface area contributed by atoms with Crippen molar-refractivity contribution in [3.8, 4) is 0 Å². The van der Waals surface area contributed by atoms with E-state index in [9.17, 15) is 4.79 Å². The molecule has 3 unspecified atom stereocenters. The largest absolute Gasteiger partial charge is 0.352 e. The Kier molecular flexibility index (Phi) is 2.82. The van der Waals surface area contributed by atoms with E-state index in [0.29, 0.717) is 12.0 Å². The average molecular weight is 173 g/mol. The van der Waals surface area contributed by atoms with Gasteiger partial charge in [0.05, 0.1) is 5.25 Å². The lowest BCUT2D eigenvalue weighted by atomic mass is 10.3. The van der Waals surface area contributed by atoms with Gasteiger partial charge < -0.3 is 5.32 Å². The van der Waals surface area contributed by atoms with Crippen LogP contribution in [0.15, 0.2) is 0 Å². The van der Waals surface area contributed by atoms with Gasteiger partial charge in [-0.2, -0.15) is 12.6 Å². The van der Waals surface area contributed by atoms with Crippen LogP contribution in [-0.4, -0.2) is 17.2 Å². The lowest BCUT2D eigenvalue weighted by molar-refractivity contribution is -0.120. The first-order valence-electron chi connectivity index (χ1n) is 4.13. The van der Waals surface area contributed by atoms with Crippen LogP contribution in [0.1, 0.15) is 26.7 Å². The summed E-state index contributed by atoms with van der Waals surface area (Å²) in [4.78, 5) is 11.2. The monoisotopic (exact) mass is 173 g/mol. The summed E-state index contributed by atoms with van der Waals surface area (Å²) in [6, 6.07) is 0.434. The van der Waals surface area contributed by atoms with Gasteiger partial charge in [0, 0.05) is 6.04 Å². The lowest BCUT2D eigenvalue weighted by Crippen LogP contribution is -2.33. The molecule has 64 valence electrons. The van der Waals surface area contributed by atoms with Crippen molar-refractivity contribution in [1.82, 2.24) is 5.32 Å². The first-order chi connectivity index (χ1) is 5.15. The van der Waals surface area contributed by atoms with Crippen LogP contribution in [0.5, 0.6) is 0 Å². The van der Waals surface area contributed by atoms with Gasteiger partial charge in [0.15, 0.2) is 0 Å². The quantitative estimate of drug-likeness (QED) is 0.617. The maximum atomic E-state index is 11.2. The Morgan fingerprint density at radius 3 is 2.73 bits per heavy atom. The second-order valence-corrected chi connectivity index (χ2v) is 3.88. The second-order valence-electron chi connectivity index (χ2n) is 3.25. The number of carbonyl (C=O) groups is 1. The van der Waals surface area contributed by atoms with E-state index in [4.69, 9.17) is 0 Å². The minimum atomic E-state index is -0.122. The predicted molar refractivity (Wildman–Crippen MR) is 48.8 cm³/mol. The SMILES string of the molecule is CCC(S)C(=O)NC1CC1C. The topological polar surface area (TPSA) is 29.1 Å². The number of thiol groups is 1. The van der Waals surface area contributed by atoms with E-state index in [0.717, 1.165) is 12.8 Å². The molecule has 11 heavy (non-hydrogen) atoms. The Bertz CT molecular complexity index is 160. The first-order valence-corrected chi connectivity index (χ1v) is 4.65. The molecule has 0 aromatic carbocycles. The van der Waals surface area contributed by atoms with Crippen LogP contribution in [0.3, 0.4) is 0 Å². The number of rotatable bonds is 3. The molecule has 0 heterocycles. The van der Waals surface area contributed by atoms with Gasteiger partial charge in [0.2, 0.25) is 5.91 Å². The lowest BCUT2D eigenvalue weighted by Gasteiger charge is -2.07. The van der Waals surface area contributed by atoms with Gasteiger partial charge in [-0.15, -0.1) is 0 Å². The summed E-state index contributed by atoms with van der Waals surface area (Å²) in [5.74, 6) is 0.765. The maximum absolute atomic E-state index is 11.2. The van der Waals surface area contributed by atoms with Gasteiger partial charge in [-0.05, 0) is 18.8 Å². The van der Waals surface area contributed by atoms with Gasteiger partial charge in [0.1, 0.15) is 0 Å². The molecule has 2 nitrogen and oxygen atoms in total. The smallest absolute Gasteiger partial charge is 0.233 e. The summed E-state index contributed by atoms with van der Waals surface area (Å²) in [7, 11) is 0. The van der Waals surface area contributed by atoms with E-state index < -0.39 is 0 Å². The molecule has 0 aromatic heterocycles. The second kappa shape index (κ2) is 3.48. The molecule has 0 aliphatic heterocycles. The standard InChI is InChI=1S/C8H15NOS/c1-3-7(11)8(10)9-6-4-5(6)2/h5-7,11H,3-4H2,1-2H3,(H,9,10). The van der Waals surface area contributed by atoms with Crippen molar-refractivity contribution >= 4 is 18.5 Å². The highest BCUT2D eigenvalue weighted by molar-refractivity contribution is 7.81. The van der Waals surface area contributed by atoms with Crippen LogP contribution in [0.4, 0.5) is 0 Å². The highest BCUT2D eigenvalue weighted by atomic mass is 32.1. The fraction of sp³-hybridized carbons (Fsp3) is 0.875. The van der Waals surface area contributed by atoms with Crippen LogP contribution < -0.4 is 5.32 Å². The third-order valence-corrected chi connectivity index (χ3v) is 2.73. The van der Waals surface area contributed by atoms with Gasteiger partial charge in [-0.1, -0.05) is 13.8 Å². The molecular formula is C8H15NOS. The van der Waals surface area contributed by atoms with Crippen molar-refractivity contribution in [1.29, 1.82) is 0 Å². The first kappa shape index (κ1) is 8.91. The zero-order valence-electron chi connectivity index (χ0n) is 7.00. The maximum Gasteiger partial charge on any atom is 0.233 e. The van der Waals surface area contributed by atoms with Crippen molar-refractivity contribution in [2.45, 2.75) is 38.0 Å². The molecule has 1 fully saturated rings. The zero-order valence-corrected chi connectivity index (χ0v) is 7.90. The Hall–Kier alpha value is -0.180. The average Bonchev–Trinajstić information content (AvgIpc) is 2.65. The van der Waals surface area contributed by atoms with Crippen LogP contribution >= 0.6 is 12.6 Å². The Morgan fingerprint density at radius 2 is 2.36 bits per heavy atom. The molecule has 0 aromatic rings. The van der Waals surface area contributed by atoms with Gasteiger partial charge in [0.25, 0.3) is 0 Å². The van der Waals surface area contributed by atoms with Gasteiger partial charge in [-0.25, -0.2) is 0 Å². The fourth-order valence-corrected chi connectivity index (χ4v) is 1.06. The molecule has 1 aliphatic carbocycles. The van der Waals surface area contributed by atoms with E-state index in [1.165, 1.54) is 0 Å². The number of nitrogens with one attached hydrogen (secondary N) is 1. The molecule has 3 atom stereocenters. The summed E-state index contributed by atoms with van der Waals surface area (Å²) in [6.45, 7) is 4.11. The summed E-state index contributed by atoms with van der Waals surface area (Å²) in [6.07, 6.45) is 1.94. The van der Waals surface area contributed by atoms with Crippen LogP contribution in [0, 0.1) is 5.92 Å². The minimum Gasteiger partial charge on any atom is -0.352 e. The van der Waals surface area contributed by atoms with Crippen LogP contribution in [0.25, 0.3) is 0 Å². The molecule has 0 saturated heterocycles. The highest BCUT2D eigenvalue weighted by Gasteiger charge is 2.34. The molecule has 1 saturated carbocycles. The summed E-state index contributed by atoms with van der Waals surface area (Å²) in [5.41, 5.74) is 0. The minimum absolute atomic E-state index is 0.0881. The molecule has 0 bridgehead atoms. The number of carbonyl (C=O) groups excluding carboxylic acids is 1. The van der Waals surface area contributed by atoms with Crippen molar-refractivity contribution < 1.29 is 4.79 Å². The number of hydrogen-bond acceptors (Lipinski definition) is 2. The van der Waals surface area contributed by atoms with Crippen LogP contribution in [-0.2, 0) is 4.79 Å². The molecule has 1 aliphatic rings. The van der Waals surface area contributed by atoms with Crippen molar-refractivity contribution in [3.63, 3.8) is 0 Å². The summed E-state index contributed by atoms with van der Waals surface area (Å²) in [5, 5.41) is 2.82. The van der Waals surface area contributed by atoms with Crippen molar-refractivity contribution in [2.24, 2.45) is 5.92 Å². The molecule has 1 rings (SSSR count). The number of hydrogen-bond donors (Lipinski definition) is 2. The van der Waals surface area contributed by atoms with Crippen molar-refractivity contribution in [2.75, 3.05) is 0 Å². The molecular weight excluding hydrogens is 158 g/mol. The molecule has 0 radical (unpaired) electrons. The Balaban J connectivity index is 2.21. The van der Waals surface area contributed by atoms with Crippen molar-refractivity contribution in [3.05, 3.63) is 0 Å². The van der Waals surface area contributed by atoms with Crippen LogP contribution in [0.2, 0.25) is 0 Å². The molecule has 0 spiro atoms. The zero-order chi connectivity index (χ0) is 8.43.